The third kappa shape index (κ3) is 2.53. The molecule has 0 radical (unpaired) electrons. The molecule has 3 rings (SSSR count). The van der Waals surface area contributed by atoms with Gasteiger partial charge in [0.05, 0.1) is 11.6 Å². The van der Waals surface area contributed by atoms with Crippen LogP contribution >= 0.6 is 11.6 Å². The Morgan fingerprint density at radius 1 is 1.43 bits per heavy atom. The molecule has 7 heteroatoms. The zero-order chi connectivity index (χ0) is 15.2. The number of rotatable bonds is 2. The molecule has 1 fully saturated rings. The normalized spacial score (nSPS) is 20.2. The van der Waals surface area contributed by atoms with E-state index in [0.29, 0.717) is 23.6 Å². The molecule has 112 valence electrons. The smallest absolute Gasteiger partial charge is 0.245 e. The summed E-state index contributed by atoms with van der Waals surface area (Å²) in [7, 11) is -3.68. The zero-order valence-electron chi connectivity index (χ0n) is 11.5. The maximum absolute atomic E-state index is 12.7. The second kappa shape index (κ2) is 5.21. The number of fused-ring (bicyclic) bond motifs is 1. The molecule has 21 heavy (non-hydrogen) atoms. The van der Waals surface area contributed by atoms with Crippen LogP contribution in [-0.2, 0) is 10.0 Å². The summed E-state index contributed by atoms with van der Waals surface area (Å²) >= 11 is 6.03. The van der Waals surface area contributed by atoms with E-state index < -0.39 is 16.1 Å². The van der Waals surface area contributed by atoms with E-state index >= 15 is 0 Å². The summed E-state index contributed by atoms with van der Waals surface area (Å²) in [4.78, 5) is 4.36. The highest BCUT2D eigenvalue weighted by atomic mass is 35.5. The Kier molecular flexibility index (Phi) is 3.65. The SMILES string of the molecule is Cc1cc2cccc(S(=O)(=O)N3CC[C@H](O)C3)c2nc1Cl. The average Bonchev–Trinajstić information content (AvgIpc) is 2.87. The average molecular weight is 327 g/mol. The minimum absolute atomic E-state index is 0.123. The highest BCUT2D eigenvalue weighted by molar-refractivity contribution is 7.89. The molecule has 1 N–H and O–H groups in total. The molecular weight excluding hydrogens is 312 g/mol. The van der Waals surface area contributed by atoms with E-state index in [1.165, 1.54) is 10.4 Å². The third-order valence-electron chi connectivity index (χ3n) is 3.68. The summed E-state index contributed by atoms with van der Waals surface area (Å²) in [5.41, 5.74) is 1.17. The molecule has 1 aliphatic rings. The first-order chi connectivity index (χ1) is 9.89. The number of benzene rings is 1. The van der Waals surface area contributed by atoms with Gasteiger partial charge in [-0.3, -0.25) is 0 Å². The number of nitrogens with zero attached hydrogens (tertiary/aromatic N) is 2. The van der Waals surface area contributed by atoms with Crippen molar-refractivity contribution < 1.29 is 13.5 Å². The van der Waals surface area contributed by atoms with Crippen molar-refractivity contribution in [2.24, 2.45) is 0 Å². The van der Waals surface area contributed by atoms with Crippen molar-refractivity contribution in [3.8, 4) is 0 Å². The fourth-order valence-corrected chi connectivity index (χ4v) is 4.32. The number of halogens is 1. The van der Waals surface area contributed by atoms with Crippen molar-refractivity contribution >= 4 is 32.5 Å². The van der Waals surface area contributed by atoms with Crippen LogP contribution in [0.1, 0.15) is 12.0 Å². The number of para-hydroxylation sites is 1. The lowest BCUT2D eigenvalue weighted by atomic mass is 10.2. The van der Waals surface area contributed by atoms with Crippen LogP contribution < -0.4 is 0 Å². The van der Waals surface area contributed by atoms with Crippen LogP contribution in [0.25, 0.3) is 10.9 Å². The molecule has 5 nitrogen and oxygen atoms in total. The maximum atomic E-state index is 12.7. The predicted molar refractivity (Wildman–Crippen MR) is 80.9 cm³/mol. The van der Waals surface area contributed by atoms with Crippen LogP contribution in [0.2, 0.25) is 5.15 Å². The van der Waals surface area contributed by atoms with Crippen LogP contribution in [0, 0.1) is 6.92 Å². The van der Waals surface area contributed by atoms with Gasteiger partial charge in [-0.15, -0.1) is 0 Å². The number of aryl methyl sites for hydroxylation is 1. The van der Waals surface area contributed by atoms with E-state index in [1.54, 1.807) is 6.07 Å². The Hall–Kier alpha value is -1.21. The molecular formula is C14H15ClN2O3S. The number of sulfonamides is 1. The monoisotopic (exact) mass is 326 g/mol. The van der Waals surface area contributed by atoms with E-state index in [4.69, 9.17) is 11.6 Å². The summed E-state index contributed by atoms with van der Waals surface area (Å²) < 4.78 is 26.7. The Balaban J connectivity index is 2.18. The number of aliphatic hydroxyl groups excluding tert-OH is 1. The van der Waals surface area contributed by atoms with Gasteiger partial charge in [-0.2, -0.15) is 4.31 Å². The Morgan fingerprint density at radius 2 is 2.19 bits per heavy atom. The van der Waals surface area contributed by atoms with Gasteiger partial charge < -0.3 is 5.11 Å². The molecule has 0 amide bonds. The zero-order valence-corrected chi connectivity index (χ0v) is 13.0. The van der Waals surface area contributed by atoms with Crippen molar-refractivity contribution in [3.63, 3.8) is 0 Å². The van der Waals surface area contributed by atoms with Crippen LogP contribution in [0.15, 0.2) is 29.2 Å². The number of hydrogen-bond donors (Lipinski definition) is 1. The lowest BCUT2D eigenvalue weighted by Crippen LogP contribution is -2.30. The topological polar surface area (TPSA) is 70.5 Å². The molecule has 1 aromatic carbocycles. The molecule has 1 aromatic heterocycles. The van der Waals surface area contributed by atoms with Crippen molar-refractivity contribution in [3.05, 3.63) is 35.0 Å². The lowest BCUT2D eigenvalue weighted by molar-refractivity contribution is 0.189. The number of hydrogen-bond acceptors (Lipinski definition) is 4. The number of aromatic nitrogens is 1. The van der Waals surface area contributed by atoms with Crippen molar-refractivity contribution in [1.29, 1.82) is 0 Å². The Labute approximate surface area is 128 Å². The van der Waals surface area contributed by atoms with E-state index in [9.17, 15) is 13.5 Å². The molecule has 2 aromatic rings. The van der Waals surface area contributed by atoms with Gasteiger partial charge in [0.1, 0.15) is 10.0 Å². The second-order valence-corrected chi connectivity index (χ2v) is 7.49. The van der Waals surface area contributed by atoms with Crippen LogP contribution in [0.4, 0.5) is 0 Å². The van der Waals surface area contributed by atoms with Crippen LogP contribution in [-0.4, -0.2) is 42.0 Å². The van der Waals surface area contributed by atoms with E-state index in [0.717, 1.165) is 10.9 Å². The Bertz CT molecular complexity index is 807. The molecule has 0 bridgehead atoms. The van der Waals surface area contributed by atoms with Crippen LogP contribution in [0.5, 0.6) is 0 Å². The molecule has 0 aliphatic carbocycles. The van der Waals surface area contributed by atoms with E-state index in [-0.39, 0.29) is 11.4 Å². The van der Waals surface area contributed by atoms with Gasteiger partial charge >= 0.3 is 0 Å². The summed E-state index contributed by atoms with van der Waals surface area (Å²) in [6.45, 7) is 2.27. The molecule has 0 spiro atoms. The van der Waals surface area contributed by atoms with Gasteiger partial charge in [0, 0.05) is 18.5 Å². The largest absolute Gasteiger partial charge is 0.392 e. The van der Waals surface area contributed by atoms with Gasteiger partial charge in [0.25, 0.3) is 0 Å². The number of aliphatic hydroxyl groups is 1. The van der Waals surface area contributed by atoms with Gasteiger partial charge in [-0.25, -0.2) is 13.4 Å². The second-order valence-electron chi connectivity index (χ2n) is 5.23. The van der Waals surface area contributed by atoms with Gasteiger partial charge in [-0.05, 0) is 31.0 Å². The fraction of sp³-hybridized carbons (Fsp3) is 0.357. The van der Waals surface area contributed by atoms with Gasteiger partial charge in [-0.1, -0.05) is 23.7 Å². The van der Waals surface area contributed by atoms with Crippen LogP contribution in [0.3, 0.4) is 0 Å². The summed E-state index contributed by atoms with van der Waals surface area (Å²) in [6.07, 6.45) is -0.148. The number of pyridine rings is 1. The molecule has 1 atom stereocenters. The van der Waals surface area contributed by atoms with E-state index in [1.807, 2.05) is 19.1 Å². The highest BCUT2D eigenvalue weighted by Crippen LogP contribution is 2.29. The quantitative estimate of drug-likeness (QED) is 0.856. The third-order valence-corrected chi connectivity index (χ3v) is 5.96. The summed E-state index contributed by atoms with van der Waals surface area (Å²) in [5, 5.41) is 10.6. The van der Waals surface area contributed by atoms with Gasteiger partial charge in [0.15, 0.2) is 0 Å². The molecule has 0 unspecified atom stereocenters. The maximum Gasteiger partial charge on any atom is 0.245 e. The fourth-order valence-electron chi connectivity index (χ4n) is 2.53. The molecule has 2 heterocycles. The lowest BCUT2D eigenvalue weighted by Gasteiger charge is -2.17. The van der Waals surface area contributed by atoms with Crippen molar-refractivity contribution in [2.45, 2.75) is 24.3 Å². The van der Waals surface area contributed by atoms with Crippen molar-refractivity contribution in [2.75, 3.05) is 13.1 Å². The standard InChI is InChI=1S/C14H15ClN2O3S/c1-9-7-10-3-2-4-12(13(10)16-14(9)15)21(19,20)17-6-5-11(18)8-17/h2-4,7,11,18H,5-6,8H2,1H3/t11-/m0/s1. The first-order valence-corrected chi connectivity index (χ1v) is 8.45. The Morgan fingerprint density at radius 3 is 2.86 bits per heavy atom. The van der Waals surface area contributed by atoms with Crippen molar-refractivity contribution in [1.82, 2.24) is 9.29 Å². The first-order valence-electron chi connectivity index (χ1n) is 6.63. The highest BCUT2D eigenvalue weighted by Gasteiger charge is 2.33. The first kappa shape index (κ1) is 14.7. The minimum Gasteiger partial charge on any atom is -0.392 e. The predicted octanol–water partition coefficient (Wildman–Crippen LogP) is 1.95. The minimum atomic E-state index is -3.68. The molecule has 1 aliphatic heterocycles. The molecule has 1 saturated heterocycles. The molecule has 0 saturated carbocycles. The summed E-state index contributed by atoms with van der Waals surface area (Å²) in [5.74, 6) is 0. The van der Waals surface area contributed by atoms with Gasteiger partial charge in [0.2, 0.25) is 10.0 Å². The van der Waals surface area contributed by atoms with E-state index in [2.05, 4.69) is 4.98 Å². The number of β-amino-alcohol motifs (C(OH)–C–C–N with tert-alkyl or cyclic N) is 1. The summed E-state index contributed by atoms with van der Waals surface area (Å²) in [6, 6.07) is 6.85.